The van der Waals surface area contributed by atoms with Gasteiger partial charge in [-0.1, -0.05) is 39.2 Å². The molecule has 2 nitrogen and oxygen atoms in total. The summed E-state index contributed by atoms with van der Waals surface area (Å²) in [6.07, 6.45) is 8.17. The van der Waals surface area contributed by atoms with Crippen LogP contribution in [0.5, 0.6) is 0 Å². The average Bonchev–Trinajstić information content (AvgIpc) is 2.15. The van der Waals surface area contributed by atoms with Crippen molar-refractivity contribution in [2.75, 3.05) is 6.61 Å². The average molecular weight is 198 g/mol. The Morgan fingerprint density at radius 3 is 2.71 bits per heavy atom. The van der Waals surface area contributed by atoms with Crippen LogP contribution in [0.4, 0.5) is 0 Å². The number of unbranched alkanes of at least 4 members (excludes halogenated alkanes) is 1. The van der Waals surface area contributed by atoms with Gasteiger partial charge in [0.15, 0.2) is 0 Å². The summed E-state index contributed by atoms with van der Waals surface area (Å²) in [6.45, 7) is 6.68. The van der Waals surface area contributed by atoms with E-state index in [0.29, 0.717) is 12.5 Å². The Labute approximate surface area is 87.3 Å². The molecule has 0 aromatic rings. The monoisotopic (exact) mass is 198 g/mol. The highest BCUT2D eigenvalue weighted by Gasteiger charge is 1.99. The van der Waals surface area contributed by atoms with Crippen molar-refractivity contribution in [3.63, 3.8) is 0 Å². The van der Waals surface area contributed by atoms with Gasteiger partial charge >= 0.3 is 5.97 Å². The third kappa shape index (κ3) is 7.84. The third-order valence-corrected chi connectivity index (χ3v) is 2.13. The van der Waals surface area contributed by atoms with E-state index in [9.17, 15) is 4.79 Å². The van der Waals surface area contributed by atoms with Gasteiger partial charge < -0.3 is 4.74 Å². The van der Waals surface area contributed by atoms with E-state index < -0.39 is 0 Å². The molecule has 1 atom stereocenters. The van der Waals surface area contributed by atoms with Crippen LogP contribution in [-0.2, 0) is 9.53 Å². The zero-order chi connectivity index (χ0) is 10.8. The van der Waals surface area contributed by atoms with Crippen LogP contribution in [0, 0.1) is 5.92 Å². The van der Waals surface area contributed by atoms with Crippen LogP contribution in [0.15, 0.2) is 12.2 Å². The number of rotatable bonds is 7. The summed E-state index contributed by atoms with van der Waals surface area (Å²) in [7, 11) is 0. The standard InChI is InChI=1S/C12H22O2/c1-4-6-8-11(3)9-7-10-12(13)14-5-2/h7,10-11H,4-6,8-9H2,1-3H3/b10-7+/t11-/m0/s1. The molecular formula is C12H22O2. The van der Waals surface area contributed by atoms with Gasteiger partial charge in [0, 0.05) is 6.08 Å². The first-order valence-corrected chi connectivity index (χ1v) is 5.54. The first-order valence-electron chi connectivity index (χ1n) is 5.54. The van der Waals surface area contributed by atoms with Crippen LogP contribution in [0.3, 0.4) is 0 Å². The fourth-order valence-corrected chi connectivity index (χ4v) is 1.26. The number of carbonyl (C=O) groups excluding carboxylic acids is 1. The van der Waals surface area contributed by atoms with Crippen molar-refractivity contribution in [2.24, 2.45) is 5.92 Å². The molecule has 0 aromatic carbocycles. The summed E-state index contributed by atoms with van der Waals surface area (Å²) in [6, 6.07) is 0. The zero-order valence-corrected chi connectivity index (χ0v) is 9.58. The fourth-order valence-electron chi connectivity index (χ4n) is 1.26. The number of carbonyl (C=O) groups is 1. The van der Waals surface area contributed by atoms with E-state index in [1.54, 1.807) is 0 Å². The maximum atomic E-state index is 10.9. The van der Waals surface area contributed by atoms with Crippen molar-refractivity contribution in [1.82, 2.24) is 0 Å². The van der Waals surface area contributed by atoms with E-state index in [1.807, 2.05) is 13.0 Å². The van der Waals surface area contributed by atoms with Crippen LogP contribution < -0.4 is 0 Å². The van der Waals surface area contributed by atoms with E-state index in [-0.39, 0.29) is 5.97 Å². The first kappa shape index (κ1) is 13.2. The molecule has 0 saturated carbocycles. The minimum absolute atomic E-state index is 0.227. The molecule has 0 N–H and O–H groups in total. The van der Waals surface area contributed by atoms with E-state index in [4.69, 9.17) is 4.74 Å². The molecular weight excluding hydrogens is 176 g/mol. The van der Waals surface area contributed by atoms with Gasteiger partial charge in [-0.15, -0.1) is 0 Å². The normalized spacial score (nSPS) is 13.1. The van der Waals surface area contributed by atoms with Gasteiger partial charge in [0.1, 0.15) is 0 Å². The molecule has 82 valence electrons. The molecule has 0 rings (SSSR count). The van der Waals surface area contributed by atoms with E-state index >= 15 is 0 Å². The van der Waals surface area contributed by atoms with Crippen molar-refractivity contribution >= 4 is 5.97 Å². The quantitative estimate of drug-likeness (QED) is 0.463. The lowest BCUT2D eigenvalue weighted by Crippen LogP contribution is -1.99. The minimum atomic E-state index is -0.227. The van der Waals surface area contributed by atoms with Crippen molar-refractivity contribution in [2.45, 2.75) is 46.5 Å². The highest BCUT2D eigenvalue weighted by molar-refractivity contribution is 5.81. The summed E-state index contributed by atoms with van der Waals surface area (Å²) in [5.74, 6) is 0.441. The lowest BCUT2D eigenvalue weighted by atomic mass is 10.0. The molecule has 0 heterocycles. The maximum Gasteiger partial charge on any atom is 0.330 e. The predicted octanol–water partition coefficient (Wildman–Crippen LogP) is 3.32. The number of ether oxygens (including phenoxy) is 1. The molecule has 0 aromatic heterocycles. The Bertz CT molecular complexity index is 173. The van der Waals surface area contributed by atoms with Gasteiger partial charge in [-0.05, 0) is 19.3 Å². The van der Waals surface area contributed by atoms with Gasteiger partial charge in [-0.3, -0.25) is 0 Å². The second kappa shape index (κ2) is 8.79. The number of esters is 1. The minimum Gasteiger partial charge on any atom is -0.463 e. The summed E-state index contributed by atoms with van der Waals surface area (Å²) in [5.41, 5.74) is 0. The lowest BCUT2D eigenvalue weighted by molar-refractivity contribution is -0.137. The molecule has 0 radical (unpaired) electrons. The zero-order valence-electron chi connectivity index (χ0n) is 9.58. The lowest BCUT2D eigenvalue weighted by Gasteiger charge is -2.06. The predicted molar refractivity (Wildman–Crippen MR) is 59.1 cm³/mol. The van der Waals surface area contributed by atoms with E-state index in [2.05, 4.69) is 13.8 Å². The van der Waals surface area contributed by atoms with Gasteiger partial charge in [0.25, 0.3) is 0 Å². The van der Waals surface area contributed by atoms with Crippen LogP contribution in [0.1, 0.15) is 46.5 Å². The Morgan fingerprint density at radius 1 is 1.43 bits per heavy atom. The maximum absolute atomic E-state index is 10.9. The molecule has 0 saturated heterocycles. The Kier molecular flexibility index (Phi) is 8.30. The third-order valence-electron chi connectivity index (χ3n) is 2.13. The van der Waals surface area contributed by atoms with Crippen LogP contribution >= 0.6 is 0 Å². The summed E-state index contributed by atoms with van der Waals surface area (Å²) in [5, 5.41) is 0. The van der Waals surface area contributed by atoms with Crippen LogP contribution in [-0.4, -0.2) is 12.6 Å². The van der Waals surface area contributed by atoms with Gasteiger partial charge in [0.05, 0.1) is 6.61 Å². The second-order valence-electron chi connectivity index (χ2n) is 3.64. The molecule has 0 bridgehead atoms. The topological polar surface area (TPSA) is 26.3 Å². The number of hydrogen-bond acceptors (Lipinski definition) is 2. The first-order chi connectivity index (χ1) is 6.70. The molecule has 2 heteroatoms. The Hall–Kier alpha value is -0.790. The Morgan fingerprint density at radius 2 is 2.14 bits per heavy atom. The van der Waals surface area contributed by atoms with Gasteiger partial charge in [0.2, 0.25) is 0 Å². The van der Waals surface area contributed by atoms with E-state index in [1.165, 1.54) is 25.3 Å². The molecule has 14 heavy (non-hydrogen) atoms. The molecule has 0 unspecified atom stereocenters. The van der Waals surface area contributed by atoms with Crippen molar-refractivity contribution in [3.05, 3.63) is 12.2 Å². The molecule has 0 aliphatic heterocycles. The molecule has 0 spiro atoms. The number of hydrogen-bond donors (Lipinski definition) is 0. The van der Waals surface area contributed by atoms with Crippen molar-refractivity contribution in [1.29, 1.82) is 0 Å². The smallest absolute Gasteiger partial charge is 0.330 e. The fraction of sp³-hybridized carbons (Fsp3) is 0.750. The highest BCUT2D eigenvalue weighted by Crippen LogP contribution is 2.11. The second-order valence-corrected chi connectivity index (χ2v) is 3.64. The largest absolute Gasteiger partial charge is 0.463 e. The van der Waals surface area contributed by atoms with Crippen molar-refractivity contribution in [3.8, 4) is 0 Å². The molecule has 0 fully saturated rings. The van der Waals surface area contributed by atoms with Crippen LogP contribution in [0.2, 0.25) is 0 Å². The van der Waals surface area contributed by atoms with Gasteiger partial charge in [-0.2, -0.15) is 0 Å². The highest BCUT2D eigenvalue weighted by atomic mass is 16.5. The SMILES string of the molecule is CCCC[C@H](C)C/C=C/C(=O)OCC. The summed E-state index contributed by atoms with van der Waals surface area (Å²) in [4.78, 5) is 10.9. The number of allylic oxidation sites excluding steroid dienone is 1. The summed E-state index contributed by atoms with van der Waals surface area (Å²) >= 11 is 0. The van der Waals surface area contributed by atoms with Gasteiger partial charge in [-0.25, -0.2) is 4.79 Å². The molecule has 0 aliphatic carbocycles. The van der Waals surface area contributed by atoms with Crippen molar-refractivity contribution < 1.29 is 9.53 Å². The Balaban J connectivity index is 3.54. The molecule has 0 aliphatic rings. The van der Waals surface area contributed by atoms with Crippen LogP contribution in [0.25, 0.3) is 0 Å². The molecule has 0 amide bonds. The summed E-state index contributed by atoms with van der Waals surface area (Å²) < 4.78 is 4.78. The van der Waals surface area contributed by atoms with E-state index in [0.717, 1.165) is 6.42 Å².